The van der Waals surface area contributed by atoms with E-state index in [1.165, 1.54) is 16.8 Å². The number of aryl methyl sites for hydroxylation is 2. The molecule has 1 saturated heterocycles. The molecule has 2 heterocycles. The molecule has 1 aromatic carbocycles. The van der Waals surface area contributed by atoms with E-state index in [1.807, 2.05) is 25.6 Å². The summed E-state index contributed by atoms with van der Waals surface area (Å²) in [5, 5.41) is 11.7. The molecule has 1 aliphatic heterocycles. The van der Waals surface area contributed by atoms with E-state index in [1.54, 1.807) is 0 Å². The molecule has 0 atom stereocenters. The molecule has 7 nitrogen and oxygen atoms in total. The number of nitrogens with zero attached hydrogens (tertiary/aromatic N) is 6. The molecule has 0 amide bonds. The predicted molar refractivity (Wildman–Crippen MR) is 106 cm³/mol. The van der Waals surface area contributed by atoms with Crippen LogP contribution in [-0.2, 0) is 13.6 Å². The van der Waals surface area contributed by atoms with E-state index in [9.17, 15) is 0 Å². The zero-order chi connectivity index (χ0) is 18.7. The molecular weight excluding hydrogens is 326 g/mol. The fraction of sp³-hybridized carbons (Fsp3) is 0.526. The first kappa shape index (κ1) is 18.2. The summed E-state index contributed by atoms with van der Waals surface area (Å²) in [5.74, 6) is 2.75. The van der Waals surface area contributed by atoms with Gasteiger partial charge in [-0.05, 0) is 38.0 Å². The Morgan fingerprint density at radius 1 is 1.12 bits per heavy atom. The summed E-state index contributed by atoms with van der Waals surface area (Å²) in [4.78, 5) is 9.23. The first-order valence-electron chi connectivity index (χ1n) is 9.13. The second-order valence-corrected chi connectivity index (χ2v) is 6.82. The summed E-state index contributed by atoms with van der Waals surface area (Å²) in [6.45, 7) is 10.9. The quantitative estimate of drug-likeness (QED) is 0.670. The number of aliphatic imine (C=N–C) groups is 1. The van der Waals surface area contributed by atoms with Crippen LogP contribution in [0.5, 0.6) is 0 Å². The molecule has 26 heavy (non-hydrogen) atoms. The molecule has 0 radical (unpaired) electrons. The zero-order valence-electron chi connectivity index (χ0n) is 16.5. The lowest BCUT2D eigenvalue weighted by Crippen LogP contribution is -2.52. The molecule has 140 valence electrons. The van der Waals surface area contributed by atoms with Crippen LogP contribution in [0.4, 0.5) is 5.69 Å². The number of piperazine rings is 1. The van der Waals surface area contributed by atoms with Gasteiger partial charge in [-0.25, -0.2) is 0 Å². The van der Waals surface area contributed by atoms with Crippen LogP contribution in [0.1, 0.15) is 22.8 Å². The minimum Gasteiger partial charge on any atom is -0.368 e. The number of anilines is 1. The van der Waals surface area contributed by atoms with Crippen LogP contribution in [0, 0.1) is 20.8 Å². The van der Waals surface area contributed by atoms with Gasteiger partial charge in [-0.3, -0.25) is 4.99 Å². The van der Waals surface area contributed by atoms with Crippen LogP contribution in [0.25, 0.3) is 0 Å². The van der Waals surface area contributed by atoms with E-state index in [0.29, 0.717) is 6.54 Å². The van der Waals surface area contributed by atoms with E-state index in [0.717, 1.165) is 43.8 Å². The monoisotopic (exact) mass is 355 g/mol. The van der Waals surface area contributed by atoms with Crippen molar-refractivity contribution in [3.8, 4) is 0 Å². The smallest absolute Gasteiger partial charge is 0.194 e. The number of hydrogen-bond acceptors (Lipinski definition) is 4. The Labute approximate surface area is 155 Å². The molecule has 7 heteroatoms. The Morgan fingerprint density at radius 3 is 2.46 bits per heavy atom. The molecule has 0 saturated carbocycles. The summed E-state index contributed by atoms with van der Waals surface area (Å²) >= 11 is 0. The Hall–Kier alpha value is -2.57. The highest BCUT2D eigenvalue weighted by Gasteiger charge is 2.21. The third-order valence-electron chi connectivity index (χ3n) is 5.30. The average molecular weight is 355 g/mol. The summed E-state index contributed by atoms with van der Waals surface area (Å²) in [6.07, 6.45) is 0. The Balaban J connectivity index is 1.59. The zero-order valence-corrected chi connectivity index (χ0v) is 16.5. The van der Waals surface area contributed by atoms with Crippen LogP contribution >= 0.6 is 0 Å². The molecule has 1 fully saturated rings. The van der Waals surface area contributed by atoms with E-state index in [4.69, 9.17) is 0 Å². The highest BCUT2D eigenvalue weighted by Crippen LogP contribution is 2.23. The number of nitrogens with one attached hydrogen (secondary N) is 1. The van der Waals surface area contributed by atoms with E-state index in [2.05, 4.69) is 62.4 Å². The van der Waals surface area contributed by atoms with Crippen LogP contribution in [-0.4, -0.2) is 58.9 Å². The lowest BCUT2D eigenvalue weighted by atomic mass is 10.1. The highest BCUT2D eigenvalue weighted by atomic mass is 15.4. The van der Waals surface area contributed by atoms with Crippen molar-refractivity contribution in [2.24, 2.45) is 12.0 Å². The van der Waals surface area contributed by atoms with Crippen molar-refractivity contribution in [1.82, 2.24) is 25.0 Å². The lowest BCUT2D eigenvalue weighted by molar-refractivity contribution is 0.371. The third kappa shape index (κ3) is 3.66. The Bertz CT molecular complexity index is 785. The molecular formula is C19H29N7. The van der Waals surface area contributed by atoms with E-state index in [-0.39, 0.29) is 0 Å². The molecule has 0 aliphatic carbocycles. The lowest BCUT2D eigenvalue weighted by Gasteiger charge is -2.38. The van der Waals surface area contributed by atoms with Crippen molar-refractivity contribution in [2.75, 3.05) is 38.1 Å². The van der Waals surface area contributed by atoms with Crippen LogP contribution in [0.15, 0.2) is 23.2 Å². The maximum absolute atomic E-state index is 4.45. The fourth-order valence-electron chi connectivity index (χ4n) is 3.33. The molecule has 3 rings (SSSR count). The largest absolute Gasteiger partial charge is 0.368 e. The van der Waals surface area contributed by atoms with Gasteiger partial charge in [-0.1, -0.05) is 12.1 Å². The minimum absolute atomic E-state index is 0.626. The Morgan fingerprint density at radius 2 is 1.85 bits per heavy atom. The van der Waals surface area contributed by atoms with Crippen molar-refractivity contribution in [2.45, 2.75) is 27.3 Å². The predicted octanol–water partition coefficient (Wildman–Crippen LogP) is 1.64. The summed E-state index contributed by atoms with van der Waals surface area (Å²) in [5.41, 5.74) is 4.07. The maximum atomic E-state index is 4.45. The number of benzene rings is 1. The first-order chi connectivity index (χ1) is 12.5. The van der Waals surface area contributed by atoms with Gasteiger partial charge in [0.15, 0.2) is 11.8 Å². The summed E-state index contributed by atoms with van der Waals surface area (Å²) in [7, 11) is 3.82. The minimum atomic E-state index is 0.626. The fourth-order valence-corrected chi connectivity index (χ4v) is 3.33. The van der Waals surface area contributed by atoms with Crippen molar-refractivity contribution in [3.05, 3.63) is 41.0 Å². The van der Waals surface area contributed by atoms with Gasteiger partial charge in [-0.15, -0.1) is 10.2 Å². The van der Waals surface area contributed by atoms with Crippen LogP contribution in [0.2, 0.25) is 0 Å². The van der Waals surface area contributed by atoms with E-state index >= 15 is 0 Å². The van der Waals surface area contributed by atoms with Crippen LogP contribution in [0.3, 0.4) is 0 Å². The van der Waals surface area contributed by atoms with Crippen molar-refractivity contribution >= 4 is 11.6 Å². The second-order valence-electron chi connectivity index (χ2n) is 6.82. The normalized spacial score (nSPS) is 15.5. The van der Waals surface area contributed by atoms with Crippen molar-refractivity contribution in [3.63, 3.8) is 0 Å². The SMILES string of the molecule is CN=C(NCc1nnc(C)n1C)N1CCN(c2cccc(C)c2C)CC1. The summed E-state index contributed by atoms with van der Waals surface area (Å²) in [6, 6.07) is 6.55. The second kappa shape index (κ2) is 7.76. The highest BCUT2D eigenvalue weighted by molar-refractivity contribution is 5.80. The number of aromatic nitrogens is 3. The van der Waals surface area contributed by atoms with Gasteiger partial charge in [0, 0.05) is 46.0 Å². The van der Waals surface area contributed by atoms with Gasteiger partial charge in [0.25, 0.3) is 0 Å². The van der Waals surface area contributed by atoms with E-state index < -0.39 is 0 Å². The summed E-state index contributed by atoms with van der Waals surface area (Å²) < 4.78 is 2.00. The molecule has 1 aliphatic rings. The number of guanidine groups is 1. The van der Waals surface area contributed by atoms with Gasteiger partial charge < -0.3 is 19.7 Å². The van der Waals surface area contributed by atoms with Crippen LogP contribution < -0.4 is 10.2 Å². The standard InChI is InChI=1S/C19H29N7/c1-14-7-6-8-17(15(14)2)25-9-11-26(12-10-25)19(20-4)21-13-18-23-22-16(3)24(18)5/h6-8H,9-13H2,1-5H3,(H,20,21). The maximum Gasteiger partial charge on any atom is 0.194 e. The molecule has 2 aromatic rings. The van der Waals surface area contributed by atoms with Gasteiger partial charge in [0.2, 0.25) is 0 Å². The van der Waals surface area contributed by atoms with Gasteiger partial charge in [-0.2, -0.15) is 0 Å². The third-order valence-corrected chi connectivity index (χ3v) is 5.30. The van der Waals surface area contributed by atoms with Crippen molar-refractivity contribution in [1.29, 1.82) is 0 Å². The number of hydrogen-bond donors (Lipinski definition) is 1. The Kier molecular flexibility index (Phi) is 5.44. The van der Waals surface area contributed by atoms with Gasteiger partial charge >= 0.3 is 0 Å². The molecule has 0 spiro atoms. The van der Waals surface area contributed by atoms with Crippen molar-refractivity contribution < 1.29 is 0 Å². The average Bonchev–Trinajstić information content (AvgIpc) is 2.97. The topological polar surface area (TPSA) is 61.6 Å². The number of rotatable bonds is 3. The first-order valence-corrected chi connectivity index (χ1v) is 9.13. The molecule has 0 bridgehead atoms. The molecule has 1 N–H and O–H groups in total. The van der Waals surface area contributed by atoms with Gasteiger partial charge in [0.05, 0.1) is 6.54 Å². The molecule has 1 aromatic heterocycles. The van der Waals surface area contributed by atoms with Gasteiger partial charge in [0.1, 0.15) is 5.82 Å². The molecule has 0 unspecified atom stereocenters.